The van der Waals surface area contributed by atoms with E-state index in [-0.39, 0.29) is 36.1 Å². The van der Waals surface area contributed by atoms with Crippen LogP contribution in [0.5, 0.6) is 0 Å². The van der Waals surface area contributed by atoms with E-state index < -0.39 is 0 Å². The highest BCUT2D eigenvalue weighted by Gasteiger charge is 2.31. The Morgan fingerprint density at radius 1 is 1.43 bits per heavy atom. The fourth-order valence-electron chi connectivity index (χ4n) is 2.89. The average molecular weight is 355 g/mol. The van der Waals surface area contributed by atoms with Gasteiger partial charge in [0, 0.05) is 19.6 Å². The van der Waals surface area contributed by atoms with Gasteiger partial charge >= 0.3 is 0 Å². The van der Waals surface area contributed by atoms with E-state index in [1.807, 2.05) is 34.7 Å². The van der Waals surface area contributed by atoms with Crippen molar-refractivity contribution in [2.24, 2.45) is 0 Å². The number of amides is 1. The molecule has 1 fully saturated rings. The van der Waals surface area contributed by atoms with Crippen molar-refractivity contribution in [1.82, 2.24) is 10.2 Å². The van der Waals surface area contributed by atoms with Crippen LogP contribution in [0.3, 0.4) is 0 Å². The molecule has 3 rings (SSSR count). The van der Waals surface area contributed by atoms with Crippen LogP contribution in [-0.4, -0.2) is 30.4 Å². The highest BCUT2D eigenvalue weighted by molar-refractivity contribution is 7.08. The zero-order valence-corrected chi connectivity index (χ0v) is 14.5. The minimum Gasteiger partial charge on any atom is -0.333 e. The smallest absolute Gasteiger partial charge is 0.230 e. The van der Waals surface area contributed by atoms with E-state index in [1.165, 1.54) is 12.1 Å². The Morgan fingerprint density at radius 2 is 2.26 bits per heavy atom. The Bertz CT molecular complexity index is 650. The van der Waals surface area contributed by atoms with E-state index in [0.717, 1.165) is 17.7 Å². The van der Waals surface area contributed by atoms with Crippen LogP contribution in [0, 0.1) is 5.82 Å². The molecule has 1 aromatic heterocycles. The van der Waals surface area contributed by atoms with Gasteiger partial charge in [-0.1, -0.05) is 12.1 Å². The van der Waals surface area contributed by atoms with Gasteiger partial charge < -0.3 is 10.2 Å². The van der Waals surface area contributed by atoms with Crippen molar-refractivity contribution in [3.63, 3.8) is 0 Å². The first kappa shape index (κ1) is 17.9. The van der Waals surface area contributed by atoms with E-state index in [1.54, 1.807) is 17.4 Å². The summed E-state index contributed by atoms with van der Waals surface area (Å²) in [5, 5.41) is 7.30. The van der Waals surface area contributed by atoms with Crippen LogP contribution in [0.15, 0.2) is 41.1 Å². The predicted molar refractivity (Wildman–Crippen MR) is 93.7 cm³/mol. The highest BCUT2D eigenvalue weighted by Crippen LogP contribution is 2.28. The summed E-state index contributed by atoms with van der Waals surface area (Å²) in [5.74, 6) is -0.323. The molecule has 1 amide bonds. The number of halogens is 2. The molecule has 0 saturated carbocycles. The van der Waals surface area contributed by atoms with E-state index in [9.17, 15) is 9.18 Å². The molecule has 1 saturated heterocycles. The maximum absolute atomic E-state index is 13.5. The second-order valence-electron chi connectivity index (χ2n) is 5.58. The minimum absolute atomic E-state index is 0. The molecule has 0 bridgehead atoms. The number of nitrogens with zero attached hydrogens (tertiary/aromatic N) is 1. The van der Waals surface area contributed by atoms with Gasteiger partial charge in [-0.05, 0) is 47.0 Å². The Hall–Kier alpha value is -1.43. The summed E-state index contributed by atoms with van der Waals surface area (Å²) in [4.78, 5) is 14.8. The second-order valence-corrected chi connectivity index (χ2v) is 6.36. The summed E-state index contributed by atoms with van der Waals surface area (Å²) < 4.78 is 13.5. The van der Waals surface area contributed by atoms with Crippen molar-refractivity contribution in [2.75, 3.05) is 19.6 Å². The third-order valence-electron chi connectivity index (χ3n) is 4.17. The summed E-state index contributed by atoms with van der Waals surface area (Å²) in [6.45, 7) is 4.02. The Labute approximate surface area is 145 Å². The Kier molecular flexibility index (Phi) is 6.16. The van der Waals surface area contributed by atoms with Crippen LogP contribution in [0.4, 0.5) is 4.39 Å². The molecule has 0 spiro atoms. The van der Waals surface area contributed by atoms with Crippen LogP contribution in [0.25, 0.3) is 0 Å². The van der Waals surface area contributed by atoms with Crippen molar-refractivity contribution in [1.29, 1.82) is 0 Å². The van der Waals surface area contributed by atoms with Gasteiger partial charge in [0.25, 0.3) is 0 Å². The molecule has 2 heterocycles. The molecule has 124 valence electrons. The fourth-order valence-corrected chi connectivity index (χ4v) is 3.65. The topological polar surface area (TPSA) is 32.3 Å². The van der Waals surface area contributed by atoms with Gasteiger partial charge in [-0.3, -0.25) is 4.79 Å². The summed E-state index contributed by atoms with van der Waals surface area (Å²) >= 11 is 1.60. The van der Waals surface area contributed by atoms with Gasteiger partial charge in [0.1, 0.15) is 5.82 Å². The number of carbonyl (C=O) groups is 1. The third kappa shape index (κ3) is 3.91. The standard InChI is InChI=1S/C17H19FN2OS.ClH/c1-12(14-5-8-22-11-14)17(21)20-7-6-19-10-16(20)13-3-2-4-15(18)9-13;/h2-5,8-9,11-12,16,19H,6-7,10H2,1H3;1H. The quantitative estimate of drug-likeness (QED) is 0.913. The first-order chi connectivity index (χ1) is 10.7. The molecular weight excluding hydrogens is 335 g/mol. The largest absolute Gasteiger partial charge is 0.333 e. The number of thiophene rings is 1. The van der Waals surface area contributed by atoms with Gasteiger partial charge in [-0.2, -0.15) is 11.3 Å². The summed E-state index contributed by atoms with van der Waals surface area (Å²) in [6.07, 6.45) is 0. The Morgan fingerprint density at radius 3 is 2.96 bits per heavy atom. The van der Waals surface area contributed by atoms with Gasteiger partial charge in [-0.25, -0.2) is 4.39 Å². The SMILES string of the molecule is CC(C(=O)N1CCNCC1c1cccc(F)c1)c1ccsc1.Cl. The van der Waals surface area contributed by atoms with Gasteiger partial charge in [0.05, 0.1) is 12.0 Å². The van der Waals surface area contributed by atoms with Gasteiger partial charge in [0.2, 0.25) is 5.91 Å². The summed E-state index contributed by atoms with van der Waals surface area (Å²) in [5.41, 5.74) is 1.89. The summed E-state index contributed by atoms with van der Waals surface area (Å²) in [7, 11) is 0. The second kappa shape index (κ2) is 7.90. The monoisotopic (exact) mass is 354 g/mol. The van der Waals surface area contributed by atoms with Crippen LogP contribution in [0.2, 0.25) is 0 Å². The molecule has 23 heavy (non-hydrogen) atoms. The number of benzene rings is 1. The molecule has 2 aromatic rings. The zero-order chi connectivity index (χ0) is 15.5. The van der Waals surface area contributed by atoms with Crippen molar-refractivity contribution in [2.45, 2.75) is 18.9 Å². The van der Waals surface area contributed by atoms with Crippen molar-refractivity contribution >= 4 is 29.7 Å². The summed E-state index contributed by atoms with van der Waals surface area (Å²) in [6, 6.07) is 8.42. The number of hydrogen-bond donors (Lipinski definition) is 1. The molecule has 2 atom stereocenters. The first-order valence-corrected chi connectivity index (χ1v) is 8.40. The van der Waals surface area contributed by atoms with Crippen LogP contribution in [0.1, 0.15) is 30.0 Å². The maximum Gasteiger partial charge on any atom is 0.230 e. The zero-order valence-electron chi connectivity index (χ0n) is 12.9. The van der Waals surface area contributed by atoms with E-state index in [4.69, 9.17) is 0 Å². The molecule has 6 heteroatoms. The molecule has 0 aliphatic carbocycles. The van der Waals surface area contributed by atoms with Crippen molar-refractivity contribution in [3.05, 3.63) is 58.0 Å². The number of carbonyl (C=O) groups excluding carboxylic acids is 1. The maximum atomic E-state index is 13.5. The predicted octanol–water partition coefficient (Wildman–Crippen LogP) is 3.59. The average Bonchev–Trinajstić information content (AvgIpc) is 3.08. The molecule has 1 aliphatic rings. The lowest BCUT2D eigenvalue weighted by Gasteiger charge is -2.38. The molecule has 1 N–H and O–H groups in total. The minimum atomic E-state index is -0.263. The van der Waals surface area contributed by atoms with Crippen LogP contribution in [-0.2, 0) is 4.79 Å². The molecule has 1 aliphatic heterocycles. The first-order valence-electron chi connectivity index (χ1n) is 7.45. The van der Waals surface area contributed by atoms with E-state index >= 15 is 0 Å². The third-order valence-corrected chi connectivity index (χ3v) is 4.87. The normalized spacial score (nSPS) is 19.0. The molecule has 1 aromatic carbocycles. The molecule has 3 nitrogen and oxygen atoms in total. The molecular formula is C17H20ClFN2OS. The fraction of sp³-hybridized carbons (Fsp3) is 0.353. The number of piperazine rings is 1. The number of hydrogen-bond acceptors (Lipinski definition) is 3. The van der Waals surface area contributed by atoms with Crippen molar-refractivity contribution in [3.8, 4) is 0 Å². The van der Waals surface area contributed by atoms with Crippen LogP contribution >= 0.6 is 23.7 Å². The van der Waals surface area contributed by atoms with E-state index in [2.05, 4.69) is 5.32 Å². The highest BCUT2D eigenvalue weighted by atomic mass is 35.5. The lowest BCUT2D eigenvalue weighted by Crippen LogP contribution is -2.49. The molecule has 2 unspecified atom stereocenters. The van der Waals surface area contributed by atoms with Gasteiger partial charge in [0.15, 0.2) is 0 Å². The number of nitrogens with one attached hydrogen (secondary N) is 1. The number of rotatable bonds is 3. The Balaban J connectivity index is 0.00000192. The van der Waals surface area contributed by atoms with E-state index in [0.29, 0.717) is 13.1 Å². The lowest BCUT2D eigenvalue weighted by molar-refractivity contribution is -0.135. The lowest BCUT2D eigenvalue weighted by atomic mass is 9.98. The van der Waals surface area contributed by atoms with Gasteiger partial charge in [-0.15, -0.1) is 12.4 Å². The van der Waals surface area contributed by atoms with Crippen LogP contribution < -0.4 is 5.32 Å². The molecule has 0 radical (unpaired) electrons. The van der Waals surface area contributed by atoms with Crippen molar-refractivity contribution < 1.29 is 9.18 Å².